The van der Waals surface area contributed by atoms with Crippen molar-refractivity contribution in [2.45, 2.75) is 33.1 Å². The van der Waals surface area contributed by atoms with E-state index in [0.29, 0.717) is 0 Å². The average molecular weight is 180 g/mol. The Kier molecular flexibility index (Phi) is 3.18. The van der Waals surface area contributed by atoms with Crippen LogP contribution in [0.4, 0.5) is 0 Å². The topological polar surface area (TPSA) is 40.5 Å². The van der Waals surface area contributed by atoms with Crippen molar-refractivity contribution < 1.29 is 10.2 Å². The molecule has 0 aliphatic heterocycles. The van der Waals surface area contributed by atoms with E-state index in [2.05, 4.69) is 6.92 Å². The lowest BCUT2D eigenvalue weighted by Crippen LogP contribution is -1.92. The van der Waals surface area contributed by atoms with Gasteiger partial charge in [-0.2, -0.15) is 0 Å². The van der Waals surface area contributed by atoms with Crippen molar-refractivity contribution in [1.29, 1.82) is 0 Å². The molecule has 0 bridgehead atoms. The Labute approximate surface area is 78.8 Å². The fourth-order valence-electron chi connectivity index (χ4n) is 1.49. The Bertz CT molecular complexity index is 292. The number of hydrogen-bond acceptors (Lipinski definition) is 2. The van der Waals surface area contributed by atoms with Gasteiger partial charge in [0.2, 0.25) is 0 Å². The van der Waals surface area contributed by atoms with Crippen LogP contribution in [0, 0.1) is 0 Å². The highest BCUT2D eigenvalue weighted by molar-refractivity contribution is 5.45. The lowest BCUT2D eigenvalue weighted by atomic mass is 10.0. The van der Waals surface area contributed by atoms with E-state index in [-0.39, 0.29) is 11.5 Å². The van der Waals surface area contributed by atoms with Gasteiger partial charge in [-0.1, -0.05) is 20.3 Å². The molecule has 0 aromatic heterocycles. The van der Waals surface area contributed by atoms with E-state index < -0.39 is 0 Å². The zero-order valence-corrected chi connectivity index (χ0v) is 8.17. The summed E-state index contributed by atoms with van der Waals surface area (Å²) in [6, 6.07) is 3.32. The number of benzene rings is 1. The standard InChI is InChI=1S/C11H16O2/c1-3-5-9-7-11(13)10(12)6-8(9)4-2/h6-7,12-13H,3-5H2,1-2H3. The van der Waals surface area contributed by atoms with Crippen LogP contribution < -0.4 is 0 Å². The fourth-order valence-corrected chi connectivity index (χ4v) is 1.49. The molecule has 0 atom stereocenters. The third-order valence-corrected chi connectivity index (χ3v) is 2.20. The van der Waals surface area contributed by atoms with Crippen LogP contribution in [0.15, 0.2) is 12.1 Å². The smallest absolute Gasteiger partial charge is 0.157 e. The highest BCUT2D eigenvalue weighted by Gasteiger charge is 2.05. The molecule has 0 aliphatic rings. The van der Waals surface area contributed by atoms with E-state index >= 15 is 0 Å². The molecule has 13 heavy (non-hydrogen) atoms. The van der Waals surface area contributed by atoms with Crippen molar-refractivity contribution >= 4 is 0 Å². The monoisotopic (exact) mass is 180 g/mol. The van der Waals surface area contributed by atoms with E-state index in [9.17, 15) is 10.2 Å². The third kappa shape index (κ3) is 2.14. The molecule has 0 aliphatic carbocycles. The van der Waals surface area contributed by atoms with Gasteiger partial charge in [0.1, 0.15) is 0 Å². The van der Waals surface area contributed by atoms with Crippen LogP contribution in [0.1, 0.15) is 31.4 Å². The van der Waals surface area contributed by atoms with Gasteiger partial charge in [0.25, 0.3) is 0 Å². The fraction of sp³-hybridized carbons (Fsp3) is 0.455. The summed E-state index contributed by atoms with van der Waals surface area (Å²) in [4.78, 5) is 0. The van der Waals surface area contributed by atoms with Gasteiger partial charge in [0.05, 0.1) is 0 Å². The maximum absolute atomic E-state index is 9.30. The van der Waals surface area contributed by atoms with Crippen LogP contribution in [-0.2, 0) is 12.8 Å². The minimum Gasteiger partial charge on any atom is -0.504 e. The average Bonchev–Trinajstić information content (AvgIpc) is 2.11. The van der Waals surface area contributed by atoms with Crippen molar-refractivity contribution in [3.8, 4) is 11.5 Å². The summed E-state index contributed by atoms with van der Waals surface area (Å²) in [5.74, 6) is -0.0302. The van der Waals surface area contributed by atoms with Crippen LogP contribution in [0.2, 0.25) is 0 Å². The SMILES string of the molecule is CCCc1cc(O)c(O)cc1CC. The van der Waals surface area contributed by atoms with E-state index in [0.717, 1.165) is 30.4 Å². The predicted molar refractivity (Wildman–Crippen MR) is 53.1 cm³/mol. The second kappa shape index (κ2) is 4.17. The Morgan fingerprint density at radius 2 is 1.54 bits per heavy atom. The molecule has 0 radical (unpaired) electrons. The summed E-state index contributed by atoms with van der Waals surface area (Å²) in [7, 11) is 0. The molecule has 0 heterocycles. The summed E-state index contributed by atoms with van der Waals surface area (Å²) in [6.07, 6.45) is 2.90. The maximum Gasteiger partial charge on any atom is 0.157 e. The van der Waals surface area contributed by atoms with Crippen LogP contribution in [-0.4, -0.2) is 10.2 Å². The normalized spacial score (nSPS) is 10.3. The molecule has 0 saturated carbocycles. The molecule has 1 aromatic rings. The van der Waals surface area contributed by atoms with Crippen LogP contribution in [0.3, 0.4) is 0 Å². The summed E-state index contributed by atoms with van der Waals surface area (Å²) in [6.45, 7) is 4.15. The number of hydrogen-bond donors (Lipinski definition) is 2. The maximum atomic E-state index is 9.30. The van der Waals surface area contributed by atoms with Gasteiger partial charge in [0.15, 0.2) is 11.5 Å². The zero-order chi connectivity index (χ0) is 9.84. The second-order valence-corrected chi connectivity index (χ2v) is 3.21. The number of aryl methyl sites for hydroxylation is 2. The Hall–Kier alpha value is -1.18. The molecule has 72 valence electrons. The Balaban J connectivity index is 3.09. The Morgan fingerprint density at radius 3 is 2.00 bits per heavy atom. The molecular formula is C11H16O2. The van der Waals surface area contributed by atoms with Crippen molar-refractivity contribution in [2.75, 3.05) is 0 Å². The van der Waals surface area contributed by atoms with E-state index in [4.69, 9.17) is 0 Å². The summed E-state index contributed by atoms with van der Waals surface area (Å²) >= 11 is 0. The first-order chi connectivity index (χ1) is 6.19. The molecule has 1 aromatic carbocycles. The first kappa shape index (κ1) is 9.90. The van der Waals surface area contributed by atoms with Crippen molar-refractivity contribution in [3.05, 3.63) is 23.3 Å². The van der Waals surface area contributed by atoms with Gasteiger partial charge < -0.3 is 10.2 Å². The Morgan fingerprint density at radius 1 is 1.00 bits per heavy atom. The quantitative estimate of drug-likeness (QED) is 0.702. The van der Waals surface area contributed by atoms with E-state index in [1.54, 1.807) is 12.1 Å². The van der Waals surface area contributed by atoms with Gasteiger partial charge in [0, 0.05) is 0 Å². The number of phenols is 2. The number of aromatic hydroxyl groups is 2. The minimum absolute atomic E-state index is 0.0133. The van der Waals surface area contributed by atoms with Gasteiger partial charge in [-0.3, -0.25) is 0 Å². The molecule has 2 N–H and O–H groups in total. The van der Waals surface area contributed by atoms with Crippen molar-refractivity contribution in [2.24, 2.45) is 0 Å². The van der Waals surface area contributed by atoms with E-state index in [1.165, 1.54) is 0 Å². The summed E-state index contributed by atoms with van der Waals surface area (Å²) < 4.78 is 0. The van der Waals surface area contributed by atoms with Crippen LogP contribution in [0.5, 0.6) is 11.5 Å². The lowest BCUT2D eigenvalue weighted by molar-refractivity contribution is 0.402. The largest absolute Gasteiger partial charge is 0.504 e. The molecule has 0 saturated heterocycles. The molecule has 0 amide bonds. The second-order valence-electron chi connectivity index (χ2n) is 3.21. The van der Waals surface area contributed by atoms with Crippen LogP contribution >= 0.6 is 0 Å². The van der Waals surface area contributed by atoms with Crippen molar-refractivity contribution in [1.82, 2.24) is 0 Å². The minimum atomic E-state index is -0.0169. The van der Waals surface area contributed by atoms with E-state index in [1.807, 2.05) is 6.92 Å². The highest BCUT2D eigenvalue weighted by atomic mass is 16.3. The van der Waals surface area contributed by atoms with Gasteiger partial charge in [-0.05, 0) is 36.1 Å². The molecule has 1 rings (SSSR count). The first-order valence-electron chi connectivity index (χ1n) is 4.72. The molecular weight excluding hydrogens is 164 g/mol. The molecule has 0 spiro atoms. The summed E-state index contributed by atoms with van der Waals surface area (Å²) in [5.41, 5.74) is 2.26. The third-order valence-electron chi connectivity index (χ3n) is 2.20. The molecule has 2 nitrogen and oxygen atoms in total. The predicted octanol–water partition coefficient (Wildman–Crippen LogP) is 2.61. The number of phenolic OH excluding ortho intramolecular Hbond substituents is 2. The molecule has 0 unspecified atom stereocenters. The lowest BCUT2D eigenvalue weighted by Gasteiger charge is -2.08. The highest BCUT2D eigenvalue weighted by Crippen LogP contribution is 2.29. The first-order valence-corrected chi connectivity index (χ1v) is 4.72. The zero-order valence-electron chi connectivity index (χ0n) is 8.17. The van der Waals surface area contributed by atoms with Gasteiger partial charge in [-0.15, -0.1) is 0 Å². The van der Waals surface area contributed by atoms with Gasteiger partial charge >= 0.3 is 0 Å². The van der Waals surface area contributed by atoms with Crippen LogP contribution in [0.25, 0.3) is 0 Å². The molecule has 2 heteroatoms. The van der Waals surface area contributed by atoms with Gasteiger partial charge in [-0.25, -0.2) is 0 Å². The van der Waals surface area contributed by atoms with Crippen molar-refractivity contribution in [3.63, 3.8) is 0 Å². The molecule has 0 fully saturated rings. The number of rotatable bonds is 3. The summed E-state index contributed by atoms with van der Waals surface area (Å²) in [5, 5.41) is 18.6.